The lowest BCUT2D eigenvalue weighted by molar-refractivity contribution is -0.384. The van der Waals surface area contributed by atoms with Gasteiger partial charge in [0.1, 0.15) is 0 Å². The van der Waals surface area contributed by atoms with Crippen LogP contribution < -0.4 is 5.32 Å². The van der Waals surface area contributed by atoms with E-state index in [-0.39, 0.29) is 23.9 Å². The Morgan fingerprint density at radius 1 is 1.41 bits per heavy atom. The average molecular weight is 238 g/mol. The summed E-state index contributed by atoms with van der Waals surface area (Å²) in [6.45, 7) is 5.78. The third-order valence-corrected chi connectivity index (χ3v) is 2.61. The highest BCUT2D eigenvalue weighted by molar-refractivity contribution is 5.34. The molecule has 1 rings (SSSR count). The fourth-order valence-electron chi connectivity index (χ4n) is 1.60. The standard InChI is InChI=1S/C12H18N2O3/c1-9(13-12(2,3)8-15)10-4-6-11(7-5-10)14(16)17/h4-7,9,13,15H,8H2,1-3H3. The van der Waals surface area contributed by atoms with Gasteiger partial charge in [-0.25, -0.2) is 0 Å². The van der Waals surface area contributed by atoms with Gasteiger partial charge in [0.25, 0.3) is 5.69 Å². The molecule has 1 unspecified atom stereocenters. The Bertz CT molecular complexity index is 387. The van der Waals surface area contributed by atoms with Gasteiger partial charge >= 0.3 is 0 Å². The zero-order valence-electron chi connectivity index (χ0n) is 10.3. The second-order valence-corrected chi connectivity index (χ2v) is 4.76. The molecular formula is C12H18N2O3. The summed E-state index contributed by atoms with van der Waals surface area (Å²) in [6, 6.07) is 6.45. The summed E-state index contributed by atoms with van der Waals surface area (Å²) in [5.41, 5.74) is 0.667. The monoisotopic (exact) mass is 238 g/mol. The highest BCUT2D eigenvalue weighted by Crippen LogP contribution is 2.19. The molecule has 0 aromatic heterocycles. The molecule has 0 amide bonds. The molecule has 1 aromatic rings. The van der Waals surface area contributed by atoms with Gasteiger partial charge in [-0.1, -0.05) is 12.1 Å². The minimum absolute atomic E-state index is 0.0259. The summed E-state index contributed by atoms with van der Waals surface area (Å²) in [4.78, 5) is 10.1. The number of nitro benzene ring substituents is 1. The van der Waals surface area contributed by atoms with Crippen LogP contribution in [0.1, 0.15) is 32.4 Å². The number of benzene rings is 1. The molecule has 0 spiro atoms. The molecule has 17 heavy (non-hydrogen) atoms. The van der Waals surface area contributed by atoms with E-state index >= 15 is 0 Å². The number of nitrogens with zero attached hydrogens (tertiary/aromatic N) is 1. The quantitative estimate of drug-likeness (QED) is 0.608. The molecule has 5 nitrogen and oxygen atoms in total. The third-order valence-electron chi connectivity index (χ3n) is 2.61. The van der Waals surface area contributed by atoms with Crippen LogP contribution in [0.4, 0.5) is 5.69 Å². The van der Waals surface area contributed by atoms with Gasteiger partial charge in [-0.15, -0.1) is 0 Å². The van der Waals surface area contributed by atoms with Crippen LogP contribution in [0, 0.1) is 10.1 Å². The van der Waals surface area contributed by atoms with Gasteiger partial charge in [-0.05, 0) is 26.3 Å². The van der Waals surface area contributed by atoms with Crippen LogP contribution in [-0.2, 0) is 0 Å². The van der Waals surface area contributed by atoms with Crippen molar-refractivity contribution in [3.8, 4) is 0 Å². The first-order valence-corrected chi connectivity index (χ1v) is 5.48. The molecule has 0 saturated heterocycles. The second-order valence-electron chi connectivity index (χ2n) is 4.76. The van der Waals surface area contributed by atoms with E-state index in [0.29, 0.717) is 0 Å². The van der Waals surface area contributed by atoms with Crippen molar-refractivity contribution in [2.75, 3.05) is 6.61 Å². The number of hydrogen-bond donors (Lipinski definition) is 2. The molecule has 1 atom stereocenters. The number of nitrogens with one attached hydrogen (secondary N) is 1. The van der Waals surface area contributed by atoms with Crippen LogP contribution in [0.25, 0.3) is 0 Å². The topological polar surface area (TPSA) is 75.4 Å². The van der Waals surface area contributed by atoms with Gasteiger partial charge in [0.2, 0.25) is 0 Å². The number of aliphatic hydroxyl groups is 1. The highest BCUT2D eigenvalue weighted by atomic mass is 16.6. The predicted molar refractivity (Wildman–Crippen MR) is 65.8 cm³/mol. The Morgan fingerprint density at radius 3 is 2.35 bits per heavy atom. The van der Waals surface area contributed by atoms with Gasteiger partial charge in [0.05, 0.1) is 11.5 Å². The zero-order chi connectivity index (χ0) is 13.1. The molecular weight excluding hydrogens is 220 g/mol. The Labute approximate surface area is 101 Å². The molecule has 0 aliphatic heterocycles. The van der Waals surface area contributed by atoms with Gasteiger partial charge in [0.15, 0.2) is 0 Å². The molecule has 0 saturated carbocycles. The van der Waals surface area contributed by atoms with E-state index in [2.05, 4.69) is 5.32 Å². The van der Waals surface area contributed by atoms with Crippen LogP contribution >= 0.6 is 0 Å². The minimum Gasteiger partial charge on any atom is -0.394 e. The van der Waals surface area contributed by atoms with E-state index in [0.717, 1.165) is 5.56 Å². The zero-order valence-corrected chi connectivity index (χ0v) is 10.3. The minimum atomic E-state index is -0.417. The smallest absolute Gasteiger partial charge is 0.269 e. The lowest BCUT2D eigenvalue weighted by Crippen LogP contribution is -2.43. The van der Waals surface area contributed by atoms with Crippen LogP contribution in [0.15, 0.2) is 24.3 Å². The Kier molecular flexibility index (Phi) is 4.20. The third kappa shape index (κ3) is 3.80. The first kappa shape index (κ1) is 13.6. The Morgan fingerprint density at radius 2 is 1.94 bits per heavy atom. The van der Waals surface area contributed by atoms with Gasteiger partial charge in [-0.3, -0.25) is 10.1 Å². The second kappa shape index (κ2) is 5.25. The maximum atomic E-state index is 10.5. The van der Waals surface area contributed by atoms with Crippen molar-refractivity contribution in [2.45, 2.75) is 32.4 Å². The first-order chi connectivity index (χ1) is 7.85. The Hall–Kier alpha value is -1.46. The van der Waals surface area contributed by atoms with Crippen molar-refractivity contribution in [1.82, 2.24) is 5.32 Å². The molecule has 1 aromatic carbocycles. The van der Waals surface area contributed by atoms with Gasteiger partial charge in [-0.2, -0.15) is 0 Å². The number of hydrogen-bond acceptors (Lipinski definition) is 4. The Balaban J connectivity index is 2.76. The van der Waals surface area contributed by atoms with E-state index in [1.807, 2.05) is 20.8 Å². The summed E-state index contributed by atoms with van der Waals surface area (Å²) in [6.07, 6.45) is 0. The lowest BCUT2D eigenvalue weighted by Gasteiger charge is -2.28. The average Bonchev–Trinajstić information content (AvgIpc) is 2.28. The van der Waals surface area contributed by atoms with Crippen molar-refractivity contribution >= 4 is 5.69 Å². The van der Waals surface area contributed by atoms with Crippen molar-refractivity contribution < 1.29 is 10.0 Å². The van der Waals surface area contributed by atoms with Crippen molar-refractivity contribution in [3.63, 3.8) is 0 Å². The summed E-state index contributed by atoms with van der Waals surface area (Å²) in [5, 5.41) is 22.9. The summed E-state index contributed by atoms with van der Waals surface area (Å²) in [5.74, 6) is 0. The van der Waals surface area contributed by atoms with E-state index in [1.54, 1.807) is 12.1 Å². The fraction of sp³-hybridized carbons (Fsp3) is 0.500. The molecule has 0 bridgehead atoms. The molecule has 0 fully saturated rings. The number of non-ortho nitro benzene ring substituents is 1. The van der Waals surface area contributed by atoms with E-state index in [9.17, 15) is 10.1 Å². The van der Waals surface area contributed by atoms with Crippen LogP contribution in [0.2, 0.25) is 0 Å². The van der Waals surface area contributed by atoms with E-state index in [4.69, 9.17) is 5.11 Å². The van der Waals surface area contributed by atoms with Crippen LogP contribution in [0.5, 0.6) is 0 Å². The van der Waals surface area contributed by atoms with Gasteiger partial charge in [0, 0.05) is 23.7 Å². The largest absolute Gasteiger partial charge is 0.394 e. The number of aliphatic hydroxyl groups excluding tert-OH is 1. The van der Waals surface area contributed by atoms with Crippen molar-refractivity contribution in [2.24, 2.45) is 0 Å². The number of rotatable bonds is 5. The SMILES string of the molecule is CC(NC(C)(C)CO)c1ccc([N+](=O)[O-])cc1. The fourth-order valence-corrected chi connectivity index (χ4v) is 1.60. The summed E-state index contributed by atoms with van der Waals surface area (Å²) < 4.78 is 0. The van der Waals surface area contributed by atoms with Crippen molar-refractivity contribution in [3.05, 3.63) is 39.9 Å². The van der Waals surface area contributed by atoms with E-state index in [1.165, 1.54) is 12.1 Å². The maximum absolute atomic E-state index is 10.5. The molecule has 0 radical (unpaired) electrons. The van der Waals surface area contributed by atoms with Crippen LogP contribution in [0.3, 0.4) is 0 Å². The highest BCUT2D eigenvalue weighted by Gasteiger charge is 2.19. The normalized spacial score (nSPS) is 13.4. The molecule has 0 aliphatic rings. The molecule has 0 heterocycles. The van der Waals surface area contributed by atoms with Crippen molar-refractivity contribution in [1.29, 1.82) is 0 Å². The molecule has 5 heteroatoms. The first-order valence-electron chi connectivity index (χ1n) is 5.48. The lowest BCUT2D eigenvalue weighted by atomic mass is 10.0. The van der Waals surface area contributed by atoms with Gasteiger partial charge < -0.3 is 10.4 Å². The molecule has 2 N–H and O–H groups in total. The van der Waals surface area contributed by atoms with E-state index < -0.39 is 4.92 Å². The number of nitro groups is 1. The molecule has 94 valence electrons. The maximum Gasteiger partial charge on any atom is 0.269 e. The predicted octanol–water partition coefficient (Wildman–Crippen LogP) is 2.02. The summed E-state index contributed by atoms with van der Waals surface area (Å²) in [7, 11) is 0. The molecule has 0 aliphatic carbocycles. The summed E-state index contributed by atoms with van der Waals surface area (Å²) >= 11 is 0. The van der Waals surface area contributed by atoms with Crippen LogP contribution in [-0.4, -0.2) is 22.2 Å².